The van der Waals surface area contributed by atoms with Crippen LogP contribution in [-0.4, -0.2) is 25.5 Å². The fourth-order valence-corrected chi connectivity index (χ4v) is 4.16. The zero-order chi connectivity index (χ0) is 20.8. The van der Waals surface area contributed by atoms with Crippen molar-refractivity contribution in [1.82, 2.24) is 20.4 Å². The summed E-state index contributed by atoms with van der Waals surface area (Å²) in [6, 6.07) is 18.2. The van der Waals surface area contributed by atoms with Gasteiger partial charge in [-0.3, -0.25) is 14.7 Å². The number of hydrogen-bond acceptors (Lipinski definition) is 4. The van der Waals surface area contributed by atoms with Crippen molar-refractivity contribution in [3.05, 3.63) is 104 Å². The third-order valence-corrected chi connectivity index (χ3v) is 5.54. The van der Waals surface area contributed by atoms with Gasteiger partial charge in [-0.05, 0) is 29.8 Å². The van der Waals surface area contributed by atoms with E-state index in [9.17, 15) is 14.7 Å². The maximum Gasteiger partial charge on any atom is 0.272 e. The lowest BCUT2D eigenvalue weighted by molar-refractivity contribution is 0.468. The highest BCUT2D eigenvalue weighted by Gasteiger charge is 2.30. The Hall–Kier alpha value is -4.13. The van der Waals surface area contributed by atoms with E-state index in [-0.39, 0.29) is 16.9 Å². The molecule has 1 atom stereocenters. The van der Waals surface area contributed by atoms with Crippen LogP contribution < -0.4 is 11.1 Å². The molecule has 2 heterocycles. The summed E-state index contributed by atoms with van der Waals surface area (Å²) in [5.74, 6) is -0.649. The second-order valence-electron chi connectivity index (χ2n) is 7.25. The van der Waals surface area contributed by atoms with Crippen LogP contribution in [0.3, 0.4) is 0 Å². The van der Waals surface area contributed by atoms with Gasteiger partial charge in [0.2, 0.25) is 0 Å². The Balaban J connectivity index is 1.96. The van der Waals surface area contributed by atoms with E-state index in [2.05, 4.69) is 20.4 Å². The Morgan fingerprint density at radius 1 is 0.800 bits per heavy atom. The largest absolute Gasteiger partial charge is 0.508 e. The van der Waals surface area contributed by atoms with Gasteiger partial charge in [0.1, 0.15) is 5.75 Å². The molecule has 1 unspecified atom stereocenters. The van der Waals surface area contributed by atoms with Crippen molar-refractivity contribution in [3.63, 3.8) is 0 Å². The van der Waals surface area contributed by atoms with Crippen molar-refractivity contribution in [2.45, 2.75) is 12.8 Å². The quantitative estimate of drug-likeness (QED) is 0.373. The van der Waals surface area contributed by atoms with Crippen molar-refractivity contribution >= 4 is 21.5 Å². The summed E-state index contributed by atoms with van der Waals surface area (Å²) >= 11 is 0. The normalized spacial score (nSPS) is 12.4. The van der Waals surface area contributed by atoms with Crippen LogP contribution in [0.25, 0.3) is 21.5 Å². The summed E-state index contributed by atoms with van der Waals surface area (Å²) in [6.45, 7) is 1.79. The van der Waals surface area contributed by atoms with Crippen LogP contribution in [0.1, 0.15) is 28.4 Å². The molecule has 2 aromatic heterocycles. The number of H-pyrrole nitrogens is 3. The zero-order valence-electron chi connectivity index (χ0n) is 16.1. The van der Waals surface area contributed by atoms with E-state index < -0.39 is 5.92 Å². The predicted octanol–water partition coefficient (Wildman–Crippen LogP) is 3.29. The molecule has 3 aromatic carbocycles. The van der Waals surface area contributed by atoms with Gasteiger partial charge in [0.15, 0.2) is 0 Å². The molecular formula is C23H18N4O3. The minimum absolute atomic E-state index is 0.0516. The van der Waals surface area contributed by atoms with E-state index in [0.717, 1.165) is 10.8 Å². The van der Waals surface area contributed by atoms with Gasteiger partial charge in [0.25, 0.3) is 11.1 Å². The van der Waals surface area contributed by atoms with Gasteiger partial charge in [-0.15, -0.1) is 0 Å². The van der Waals surface area contributed by atoms with E-state index in [0.29, 0.717) is 33.3 Å². The fourth-order valence-electron chi connectivity index (χ4n) is 4.16. The monoisotopic (exact) mass is 398 g/mol. The van der Waals surface area contributed by atoms with Crippen molar-refractivity contribution in [2.24, 2.45) is 0 Å². The smallest absolute Gasteiger partial charge is 0.272 e. The van der Waals surface area contributed by atoms with Crippen LogP contribution in [0, 0.1) is 6.92 Å². The first-order valence-electron chi connectivity index (χ1n) is 9.51. The molecule has 0 spiro atoms. The minimum Gasteiger partial charge on any atom is -0.508 e. The number of nitrogens with zero attached hydrogens (tertiary/aromatic N) is 1. The molecule has 0 aliphatic carbocycles. The molecular weight excluding hydrogens is 380 g/mol. The molecule has 7 nitrogen and oxygen atoms in total. The average Bonchev–Trinajstić information content (AvgIpc) is 3.09. The van der Waals surface area contributed by atoms with Gasteiger partial charge in [-0.1, -0.05) is 48.5 Å². The first kappa shape index (κ1) is 17.9. The number of hydrogen-bond donors (Lipinski definition) is 4. The molecule has 7 heteroatoms. The number of fused-ring (bicyclic) bond motifs is 2. The predicted molar refractivity (Wildman–Crippen MR) is 115 cm³/mol. The van der Waals surface area contributed by atoms with Crippen molar-refractivity contribution < 1.29 is 5.11 Å². The molecule has 0 aliphatic heterocycles. The van der Waals surface area contributed by atoms with Gasteiger partial charge in [0, 0.05) is 16.6 Å². The van der Waals surface area contributed by atoms with Gasteiger partial charge in [0.05, 0.1) is 22.6 Å². The molecule has 30 heavy (non-hydrogen) atoms. The molecule has 0 radical (unpaired) electrons. The molecule has 0 saturated heterocycles. The first-order valence-corrected chi connectivity index (χ1v) is 9.51. The molecule has 0 aliphatic rings. The molecule has 0 fully saturated rings. The van der Waals surface area contributed by atoms with Gasteiger partial charge < -0.3 is 10.2 Å². The number of phenolic OH excluding ortho intramolecular Hbond substituents is 1. The summed E-state index contributed by atoms with van der Waals surface area (Å²) in [5.41, 5.74) is 1.51. The lowest BCUT2D eigenvalue weighted by Gasteiger charge is -2.21. The molecule has 5 rings (SSSR count). The number of aromatic amines is 3. The van der Waals surface area contributed by atoms with Crippen molar-refractivity contribution in [3.8, 4) is 5.75 Å². The molecule has 0 amide bonds. The van der Waals surface area contributed by atoms with Crippen LogP contribution in [0.4, 0.5) is 0 Å². The Bertz CT molecular complexity index is 1530. The van der Waals surface area contributed by atoms with E-state index in [1.54, 1.807) is 31.2 Å². The molecule has 5 aromatic rings. The lowest BCUT2D eigenvalue weighted by atomic mass is 9.83. The van der Waals surface area contributed by atoms with Crippen molar-refractivity contribution in [2.75, 3.05) is 0 Å². The SMILES string of the molecule is Cc1[nH][nH]c(=O)c1C(c1c(O)ccc2ccccc12)c1n[nH]c(=O)c2ccccc12. The van der Waals surface area contributed by atoms with Crippen LogP contribution in [0.15, 0.2) is 70.3 Å². The molecule has 148 valence electrons. The molecule has 0 bridgehead atoms. The number of aryl methyl sites for hydroxylation is 1. The van der Waals surface area contributed by atoms with Crippen LogP contribution in [-0.2, 0) is 0 Å². The highest BCUT2D eigenvalue weighted by Crippen LogP contribution is 2.41. The summed E-state index contributed by atoms with van der Waals surface area (Å²) in [6.07, 6.45) is 0. The van der Waals surface area contributed by atoms with Crippen molar-refractivity contribution in [1.29, 1.82) is 0 Å². The number of aromatic hydroxyl groups is 1. The Labute approximate surface area is 170 Å². The Morgan fingerprint density at radius 3 is 2.23 bits per heavy atom. The zero-order valence-corrected chi connectivity index (χ0v) is 16.1. The van der Waals surface area contributed by atoms with E-state index in [1.807, 2.05) is 36.4 Å². The standard InChI is InChI=1S/C23H18N4O3/c1-12-18(23(30)27-24-12)20(19-14-7-3-2-6-13(14)10-11-17(19)28)21-15-8-4-5-9-16(15)22(29)26-25-21/h2-11,20,28H,1H3,(H,26,29)(H2,24,27,30). The first-order chi connectivity index (χ1) is 14.6. The summed E-state index contributed by atoms with van der Waals surface area (Å²) < 4.78 is 0. The highest BCUT2D eigenvalue weighted by molar-refractivity contribution is 5.91. The lowest BCUT2D eigenvalue weighted by Crippen LogP contribution is -2.19. The fraction of sp³-hybridized carbons (Fsp3) is 0.0870. The molecule has 0 saturated carbocycles. The third kappa shape index (κ3) is 2.63. The second-order valence-corrected chi connectivity index (χ2v) is 7.25. The average molecular weight is 398 g/mol. The van der Waals surface area contributed by atoms with Gasteiger partial charge >= 0.3 is 0 Å². The highest BCUT2D eigenvalue weighted by atomic mass is 16.3. The molecule has 4 N–H and O–H groups in total. The second kappa shape index (κ2) is 6.73. The number of nitrogens with one attached hydrogen (secondary N) is 3. The number of benzene rings is 3. The van der Waals surface area contributed by atoms with E-state index >= 15 is 0 Å². The maximum atomic E-state index is 12.8. The van der Waals surface area contributed by atoms with E-state index in [1.165, 1.54) is 0 Å². The minimum atomic E-state index is -0.701. The van der Waals surface area contributed by atoms with Gasteiger partial charge in [-0.2, -0.15) is 5.10 Å². The van der Waals surface area contributed by atoms with Crippen LogP contribution >= 0.6 is 0 Å². The number of rotatable bonds is 3. The van der Waals surface area contributed by atoms with Crippen LogP contribution in [0.5, 0.6) is 5.75 Å². The Morgan fingerprint density at radius 2 is 1.50 bits per heavy atom. The third-order valence-electron chi connectivity index (χ3n) is 5.54. The summed E-state index contributed by atoms with van der Waals surface area (Å²) in [5, 5.41) is 26.1. The Kier molecular flexibility index (Phi) is 4.03. The van der Waals surface area contributed by atoms with E-state index in [4.69, 9.17) is 0 Å². The van der Waals surface area contributed by atoms with Crippen LogP contribution in [0.2, 0.25) is 0 Å². The summed E-state index contributed by atoms with van der Waals surface area (Å²) in [7, 11) is 0. The summed E-state index contributed by atoms with van der Waals surface area (Å²) in [4.78, 5) is 25.2. The number of aromatic nitrogens is 4. The maximum absolute atomic E-state index is 12.8. The number of phenols is 1. The topological polar surface area (TPSA) is 115 Å². The van der Waals surface area contributed by atoms with Gasteiger partial charge in [-0.25, -0.2) is 5.10 Å².